The number of halogens is 1. The Morgan fingerprint density at radius 3 is 2.50 bits per heavy atom. The molecule has 3 atom stereocenters. The zero-order valence-electron chi connectivity index (χ0n) is 10.9. The molecule has 2 bridgehead atoms. The Kier molecular flexibility index (Phi) is 3.57. The Balaban J connectivity index is 1.89. The Labute approximate surface area is 105 Å². The standard InChI is InChI=1S/C14H25ClO/c1-13(2)11-6-7-14(13,3)12(10-11)16-9-5-4-8-15/h11-12H,4-10H2,1-3H3. The molecule has 0 amide bonds. The van der Waals surface area contributed by atoms with E-state index in [1.54, 1.807) is 0 Å². The second-order valence-corrected chi connectivity index (χ2v) is 6.74. The predicted octanol–water partition coefficient (Wildman–Crippen LogP) is 4.24. The quantitative estimate of drug-likeness (QED) is 0.519. The first-order chi connectivity index (χ1) is 7.52. The van der Waals surface area contributed by atoms with Crippen molar-refractivity contribution < 1.29 is 4.74 Å². The molecular formula is C14H25ClO. The zero-order chi connectivity index (χ0) is 11.8. The molecule has 94 valence electrons. The van der Waals surface area contributed by atoms with Gasteiger partial charge < -0.3 is 4.74 Å². The molecule has 0 aliphatic heterocycles. The Hall–Kier alpha value is 0.250. The summed E-state index contributed by atoms with van der Waals surface area (Å²) in [6.07, 6.45) is 6.73. The van der Waals surface area contributed by atoms with Crippen LogP contribution in [-0.2, 0) is 4.74 Å². The van der Waals surface area contributed by atoms with Gasteiger partial charge in [-0.15, -0.1) is 11.6 Å². The zero-order valence-corrected chi connectivity index (χ0v) is 11.6. The molecule has 0 aromatic carbocycles. The van der Waals surface area contributed by atoms with Gasteiger partial charge in [-0.25, -0.2) is 0 Å². The average molecular weight is 245 g/mol. The van der Waals surface area contributed by atoms with Crippen LogP contribution in [0.1, 0.15) is 52.9 Å². The van der Waals surface area contributed by atoms with Gasteiger partial charge in [0.2, 0.25) is 0 Å². The van der Waals surface area contributed by atoms with Crippen LogP contribution in [0, 0.1) is 16.7 Å². The van der Waals surface area contributed by atoms with Gasteiger partial charge in [0.15, 0.2) is 0 Å². The first-order valence-corrected chi connectivity index (χ1v) is 7.23. The summed E-state index contributed by atoms with van der Waals surface area (Å²) in [5.74, 6) is 1.65. The molecular weight excluding hydrogens is 220 g/mol. The van der Waals surface area contributed by atoms with Gasteiger partial charge in [0.25, 0.3) is 0 Å². The minimum atomic E-state index is 0.415. The molecule has 2 aliphatic carbocycles. The second kappa shape index (κ2) is 4.49. The van der Waals surface area contributed by atoms with Gasteiger partial charge in [-0.3, -0.25) is 0 Å². The Morgan fingerprint density at radius 1 is 1.25 bits per heavy atom. The summed E-state index contributed by atoms with van der Waals surface area (Å²) in [5, 5.41) is 0. The average Bonchev–Trinajstić information content (AvgIpc) is 2.57. The van der Waals surface area contributed by atoms with Gasteiger partial charge in [0.1, 0.15) is 0 Å². The van der Waals surface area contributed by atoms with Gasteiger partial charge in [0.05, 0.1) is 6.10 Å². The largest absolute Gasteiger partial charge is 0.378 e. The van der Waals surface area contributed by atoms with Crippen molar-refractivity contribution in [3.63, 3.8) is 0 Å². The number of unbranched alkanes of at least 4 members (excludes halogenated alkanes) is 1. The van der Waals surface area contributed by atoms with E-state index in [9.17, 15) is 0 Å². The molecule has 1 nitrogen and oxygen atoms in total. The summed E-state index contributed by atoms with van der Waals surface area (Å²) in [4.78, 5) is 0. The van der Waals surface area contributed by atoms with Crippen LogP contribution < -0.4 is 0 Å². The molecule has 0 aromatic heterocycles. The van der Waals surface area contributed by atoms with Crippen LogP contribution in [0.5, 0.6) is 0 Å². The van der Waals surface area contributed by atoms with E-state index in [1.807, 2.05) is 0 Å². The normalized spacial score (nSPS) is 40.5. The van der Waals surface area contributed by atoms with Crippen molar-refractivity contribution in [1.29, 1.82) is 0 Å². The minimum Gasteiger partial charge on any atom is -0.378 e. The third-order valence-corrected chi connectivity index (χ3v) is 5.83. The maximum Gasteiger partial charge on any atom is 0.0636 e. The Bertz CT molecular complexity index is 251. The van der Waals surface area contributed by atoms with Crippen LogP contribution in [0.3, 0.4) is 0 Å². The van der Waals surface area contributed by atoms with Crippen molar-refractivity contribution in [2.24, 2.45) is 16.7 Å². The molecule has 0 heterocycles. The molecule has 0 N–H and O–H groups in total. The van der Waals surface area contributed by atoms with Crippen LogP contribution >= 0.6 is 11.6 Å². The monoisotopic (exact) mass is 244 g/mol. The summed E-state index contributed by atoms with van der Waals surface area (Å²) in [6, 6.07) is 0. The molecule has 0 spiro atoms. The minimum absolute atomic E-state index is 0.415. The topological polar surface area (TPSA) is 9.23 Å². The lowest BCUT2D eigenvalue weighted by molar-refractivity contribution is -0.0471. The van der Waals surface area contributed by atoms with E-state index in [1.165, 1.54) is 19.3 Å². The highest BCUT2D eigenvalue weighted by atomic mass is 35.5. The first-order valence-electron chi connectivity index (χ1n) is 6.70. The first kappa shape index (κ1) is 12.7. The molecule has 2 heteroatoms. The number of hydrogen-bond donors (Lipinski definition) is 0. The highest BCUT2D eigenvalue weighted by Crippen LogP contribution is 2.66. The smallest absolute Gasteiger partial charge is 0.0636 e. The van der Waals surface area contributed by atoms with Crippen LogP contribution in [0.15, 0.2) is 0 Å². The summed E-state index contributed by atoms with van der Waals surface area (Å²) >= 11 is 5.68. The lowest BCUT2D eigenvalue weighted by Crippen LogP contribution is -2.37. The molecule has 2 fully saturated rings. The van der Waals surface area contributed by atoms with E-state index in [2.05, 4.69) is 20.8 Å². The van der Waals surface area contributed by atoms with E-state index in [-0.39, 0.29) is 0 Å². The highest BCUT2D eigenvalue weighted by Gasteiger charge is 2.61. The summed E-state index contributed by atoms with van der Waals surface area (Å²) in [7, 11) is 0. The van der Waals surface area contributed by atoms with Crippen molar-refractivity contribution in [3.8, 4) is 0 Å². The van der Waals surface area contributed by atoms with Crippen molar-refractivity contribution >= 4 is 11.6 Å². The van der Waals surface area contributed by atoms with E-state index in [0.717, 1.165) is 31.2 Å². The number of rotatable bonds is 5. The predicted molar refractivity (Wildman–Crippen MR) is 68.9 cm³/mol. The summed E-state index contributed by atoms with van der Waals surface area (Å²) < 4.78 is 6.12. The lowest BCUT2D eigenvalue weighted by Gasteiger charge is -2.38. The Morgan fingerprint density at radius 2 is 2.00 bits per heavy atom. The van der Waals surface area contributed by atoms with Crippen LogP contribution in [0.25, 0.3) is 0 Å². The SMILES string of the molecule is CC1(C)C2CCC1(C)C(OCCCCCl)C2. The molecule has 0 saturated heterocycles. The van der Waals surface area contributed by atoms with Crippen molar-refractivity contribution in [2.45, 2.75) is 59.0 Å². The molecule has 0 radical (unpaired) electrons. The van der Waals surface area contributed by atoms with Crippen molar-refractivity contribution in [2.75, 3.05) is 12.5 Å². The summed E-state index contributed by atoms with van der Waals surface area (Å²) in [5.41, 5.74) is 0.892. The summed E-state index contributed by atoms with van der Waals surface area (Å²) in [6.45, 7) is 8.21. The fourth-order valence-corrected chi connectivity index (χ4v) is 3.99. The van der Waals surface area contributed by atoms with E-state index in [0.29, 0.717) is 16.9 Å². The van der Waals surface area contributed by atoms with Gasteiger partial charge in [-0.1, -0.05) is 20.8 Å². The second-order valence-electron chi connectivity index (χ2n) is 6.37. The molecule has 2 aliphatic rings. The number of fused-ring (bicyclic) bond motifs is 2. The third-order valence-electron chi connectivity index (χ3n) is 5.56. The van der Waals surface area contributed by atoms with Crippen molar-refractivity contribution in [1.82, 2.24) is 0 Å². The van der Waals surface area contributed by atoms with Crippen molar-refractivity contribution in [3.05, 3.63) is 0 Å². The third kappa shape index (κ3) is 1.80. The molecule has 3 unspecified atom stereocenters. The molecule has 16 heavy (non-hydrogen) atoms. The lowest BCUT2D eigenvalue weighted by atomic mass is 9.70. The van der Waals surface area contributed by atoms with Gasteiger partial charge in [-0.2, -0.15) is 0 Å². The maximum atomic E-state index is 6.12. The number of ether oxygens (including phenoxy) is 1. The van der Waals surface area contributed by atoms with E-state index >= 15 is 0 Å². The fraction of sp³-hybridized carbons (Fsp3) is 1.00. The van der Waals surface area contributed by atoms with E-state index in [4.69, 9.17) is 16.3 Å². The van der Waals surface area contributed by atoms with Crippen LogP contribution in [-0.4, -0.2) is 18.6 Å². The van der Waals surface area contributed by atoms with Gasteiger partial charge in [0, 0.05) is 12.5 Å². The van der Waals surface area contributed by atoms with Gasteiger partial charge >= 0.3 is 0 Å². The van der Waals surface area contributed by atoms with E-state index < -0.39 is 0 Å². The van der Waals surface area contributed by atoms with Gasteiger partial charge in [-0.05, 0) is 48.9 Å². The molecule has 2 rings (SSSR count). The fourth-order valence-electron chi connectivity index (χ4n) is 3.80. The van der Waals surface area contributed by atoms with Crippen LogP contribution in [0.2, 0.25) is 0 Å². The molecule has 0 aromatic rings. The van der Waals surface area contributed by atoms with Crippen LogP contribution in [0.4, 0.5) is 0 Å². The molecule has 2 saturated carbocycles. The maximum absolute atomic E-state index is 6.12. The number of hydrogen-bond acceptors (Lipinski definition) is 1. The highest BCUT2D eigenvalue weighted by molar-refractivity contribution is 6.17. The number of alkyl halides is 1.